The Labute approximate surface area is 150 Å². The third-order valence-corrected chi connectivity index (χ3v) is 3.55. The van der Waals surface area contributed by atoms with E-state index in [0.717, 1.165) is 12.1 Å². The second-order valence-electron chi connectivity index (χ2n) is 5.64. The van der Waals surface area contributed by atoms with Crippen LogP contribution in [0.5, 0.6) is 5.75 Å². The second-order valence-corrected chi connectivity index (χ2v) is 6.05. The van der Waals surface area contributed by atoms with Crippen LogP contribution in [-0.4, -0.2) is 17.6 Å². The highest BCUT2D eigenvalue weighted by Gasteiger charge is 2.09. The van der Waals surface area contributed by atoms with E-state index in [0.29, 0.717) is 11.7 Å². The van der Waals surface area contributed by atoms with Gasteiger partial charge in [-0.15, -0.1) is 0 Å². The lowest BCUT2D eigenvalue weighted by Crippen LogP contribution is -2.37. The molecule has 0 atom stereocenters. The monoisotopic (exact) mass is 364 g/mol. The summed E-state index contributed by atoms with van der Waals surface area (Å²) in [6.45, 7) is 3.93. The molecule has 4 nitrogen and oxygen atoms in total. The molecular formula is C18H18F2N2O2S. The Morgan fingerprint density at radius 2 is 1.84 bits per heavy atom. The van der Waals surface area contributed by atoms with Gasteiger partial charge < -0.3 is 10.1 Å². The summed E-state index contributed by atoms with van der Waals surface area (Å²) in [5.41, 5.74) is 1.14. The fourth-order valence-corrected chi connectivity index (χ4v) is 2.23. The number of hydrogen-bond donors (Lipinski definition) is 2. The average molecular weight is 364 g/mol. The van der Waals surface area contributed by atoms with Crippen LogP contribution in [0, 0.1) is 11.6 Å². The molecule has 132 valence electrons. The molecule has 0 aliphatic heterocycles. The van der Waals surface area contributed by atoms with Crippen molar-refractivity contribution in [3.05, 3.63) is 59.7 Å². The van der Waals surface area contributed by atoms with E-state index in [1.807, 2.05) is 12.1 Å². The van der Waals surface area contributed by atoms with Crippen molar-refractivity contribution in [1.29, 1.82) is 0 Å². The van der Waals surface area contributed by atoms with Gasteiger partial charge in [-0.05, 0) is 48.0 Å². The van der Waals surface area contributed by atoms with Crippen LogP contribution in [0.3, 0.4) is 0 Å². The van der Waals surface area contributed by atoms with E-state index in [1.165, 1.54) is 11.6 Å². The first-order valence-corrected chi connectivity index (χ1v) is 8.04. The Morgan fingerprint density at radius 1 is 1.16 bits per heavy atom. The van der Waals surface area contributed by atoms with Crippen LogP contribution < -0.4 is 15.4 Å². The molecule has 0 spiro atoms. The third kappa shape index (κ3) is 5.79. The normalized spacial score (nSPS) is 10.4. The predicted molar refractivity (Wildman–Crippen MR) is 96.7 cm³/mol. The number of amides is 1. The second kappa shape index (κ2) is 8.53. The zero-order valence-corrected chi connectivity index (χ0v) is 14.6. The Hall–Kier alpha value is -2.54. The number of carbonyl (C=O) groups excluding carboxylic acids is 1. The lowest BCUT2D eigenvalue weighted by molar-refractivity contribution is -0.121. The molecule has 0 radical (unpaired) electrons. The molecule has 0 unspecified atom stereocenters. The largest absolute Gasteiger partial charge is 0.484 e. The molecule has 2 aromatic carbocycles. The fraction of sp³-hybridized carbons (Fsp3) is 0.222. The van der Waals surface area contributed by atoms with Gasteiger partial charge in [0.2, 0.25) is 0 Å². The summed E-state index contributed by atoms with van der Waals surface area (Å²) in [5.74, 6) is -1.03. The van der Waals surface area contributed by atoms with Crippen LogP contribution in [0.25, 0.3) is 0 Å². The van der Waals surface area contributed by atoms with Crippen molar-refractivity contribution in [2.24, 2.45) is 0 Å². The number of carbonyl (C=O) groups is 1. The standard InChI is InChI=1S/C18H18F2N2O2S/c1-11(2)12-3-6-14(7-4-12)24-10-17(23)22-18(25)21-16-8-5-13(19)9-15(16)20/h3-9,11H,10H2,1-2H3,(H2,21,22,23,25). The van der Waals surface area contributed by atoms with E-state index in [4.69, 9.17) is 17.0 Å². The number of nitrogens with one attached hydrogen (secondary N) is 2. The molecule has 0 aliphatic carbocycles. The maximum Gasteiger partial charge on any atom is 0.264 e. The van der Waals surface area contributed by atoms with Gasteiger partial charge in [-0.25, -0.2) is 8.78 Å². The van der Waals surface area contributed by atoms with Crippen molar-refractivity contribution in [3.63, 3.8) is 0 Å². The van der Waals surface area contributed by atoms with Crippen molar-refractivity contribution in [2.45, 2.75) is 19.8 Å². The van der Waals surface area contributed by atoms with Crippen LogP contribution in [0.15, 0.2) is 42.5 Å². The van der Waals surface area contributed by atoms with Crippen molar-refractivity contribution >= 4 is 28.9 Å². The highest BCUT2D eigenvalue weighted by molar-refractivity contribution is 7.80. The zero-order valence-electron chi connectivity index (χ0n) is 13.8. The molecule has 0 fully saturated rings. The van der Waals surface area contributed by atoms with Gasteiger partial charge in [-0.1, -0.05) is 26.0 Å². The van der Waals surface area contributed by atoms with Crippen LogP contribution in [0.2, 0.25) is 0 Å². The molecule has 0 bridgehead atoms. The van der Waals surface area contributed by atoms with Gasteiger partial charge in [0.25, 0.3) is 5.91 Å². The summed E-state index contributed by atoms with van der Waals surface area (Å²) in [5, 5.41) is 4.75. The van der Waals surface area contributed by atoms with Crippen molar-refractivity contribution < 1.29 is 18.3 Å². The van der Waals surface area contributed by atoms with Crippen molar-refractivity contribution in [2.75, 3.05) is 11.9 Å². The number of rotatable bonds is 5. The summed E-state index contributed by atoms with van der Waals surface area (Å²) in [6, 6.07) is 10.4. The van der Waals surface area contributed by atoms with E-state index in [1.54, 1.807) is 12.1 Å². The van der Waals surface area contributed by atoms with E-state index in [9.17, 15) is 13.6 Å². The predicted octanol–water partition coefficient (Wildman–Crippen LogP) is 3.98. The summed E-state index contributed by atoms with van der Waals surface area (Å²) < 4.78 is 31.7. The average Bonchev–Trinajstić information content (AvgIpc) is 2.56. The van der Waals surface area contributed by atoms with E-state index < -0.39 is 17.5 Å². The Bertz CT molecular complexity index is 764. The molecule has 0 saturated heterocycles. The van der Waals surface area contributed by atoms with Crippen LogP contribution >= 0.6 is 12.2 Å². The molecule has 0 saturated carbocycles. The highest BCUT2D eigenvalue weighted by atomic mass is 32.1. The maximum absolute atomic E-state index is 13.5. The summed E-state index contributed by atoms with van der Waals surface area (Å²) in [4.78, 5) is 11.8. The topological polar surface area (TPSA) is 50.4 Å². The zero-order chi connectivity index (χ0) is 18.4. The molecule has 7 heteroatoms. The van der Waals surface area contributed by atoms with Crippen LogP contribution in [0.1, 0.15) is 25.3 Å². The molecule has 1 amide bonds. The lowest BCUT2D eigenvalue weighted by Gasteiger charge is -2.11. The first kappa shape index (κ1) is 18.8. The smallest absolute Gasteiger partial charge is 0.264 e. The number of thiocarbonyl (C=S) groups is 1. The van der Waals surface area contributed by atoms with Gasteiger partial charge in [0.15, 0.2) is 11.7 Å². The van der Waals surface area contributed by atoms with Crippen LogP contribution in [-0.2, 0) is 4.79 Å². The van der Waals surface area contributed by atoms with Gasteiger partial charge >= 0.3 is 0 Å². The Morgan fingerprint density at radius 3 is 2.44 bits per heavy atom. The highest BCUT2D eigenvalue weighted by Crippen LogP contribution is 2.18. The minimum Gasteiger partial charge on any atom is -0.484 e. The van der Waals surface area contributed by atoms with Gasteiger partial charge in [0.05, 0.1) is 5.69 Å². The Kier molecular flexibility index (Phi) is 6.41. The van der Waals surface area contributed by atoms with Crippen molar-refractivity contribution in [1.82, 2.24) is 5.32 Å². The van der Waals surface area contributed by atoms with Crippen molar-refractivity contribution in [3.8, 4) is 5.75 Å². The molecule has 0 heterocycles. The van der Waals surface area contributed by atoms with Crippen LogP contribution in [0.4, 0.5) is 14.5 Å². The Balaban J connectivity index is 1.82. The minimum atomic E-state index is -0.807. The van der Waals surface area contributed by atoms with E-state index >= 15 is 0 Å². The summed E-state index contributed by atoms with van der Waals surface area (Å²) >= 11 is 4.92. The number of halogens is 2. The molecule has 2 N–H and O–H groups in total. The number of ether oxygens (including phenoxy) is 1. The molecule has 2 aromatic rings. The van der Waals surface area contributed by atoms with Gasteiger partial charge in [-0.2, -0.15) is 0 Å². The van der Waals surface area contributed by atoms with Gasteiger partial charge in [0.1, 0.15) is 17.4 Å². The molecule has 2 rings (SSSR count). The number of anilines is 1. The minimum absolute atomic E-state index is 0.0307. The summed E-state index contributed by atoms with van der Waals surface area (Å²) in [7, 11) is 0. The molecule has 0 aromatic heterocycles. The lowest BCUT2D eigenvalue weighted by atomic mass is 10.0. The van der Waals surface area contributed by atoms with E-state index in [2.05, 4.69) is 24.5 Å². The SMILES string of the molecule is CC(C)c1ccc(OCC(=O)NC(=S)Nc2ccc(F)cc2F)cc1. The first-order valence-electron chi connectivity index (χ1n) is 7.64. The quantitative estimate of drug-likeness (QED) is 0.788. The fourth-order valence-electron chi connectivity index (χ4n) is 2.00. The maximum atomic E-state index is 13.5. The van der Waals surface area contributed by atoms with Gasteiger partial charge in [0, 0.05) is 6.07 Å². The van der Waals surface area contributed by atoms with Gasteiger partial charge in [-0.3, -0.25) is 10.1 Å². The third-order valence-electron chi connectivity index (χ3n) is 3.35. The number of hydrogen-bond acceptors (Lipinski definition) is 3. The summed E-state index contributed by atoms with van der Waals surface area (Å²) in [6.07, 6.45) is 0. The molecule has 25 heavy (non-hydrogen) atoms. The number of benzene rings is 2. The first-order chi connectivity index (χ1) is 11.8. The van der Waals surface area contributed by atoms with E-state index in [-0.39, 0.29) is 17.4 Å². The molecular weight excluding hydrogens is 346 g/mol. The molecule has 0 aliphatic rings.